The van der Waals surface area contributed by atoms with Crippen LogP contribution in [0.2, 0.25) is 0 Å². The first-order chi connectivity index (χ1) is 7.13. The van der Waals surface area contributed by atoms with Crippen molar-refractivity contribution in [3.8, 4) is 6.07 Å². The fourth-order valence-corrected chi connectivity index (χ4v) is 1.15. The van der Waals surface area contributed by atoms with E-state index in [4.69, 9.17) is 11.0 Å². The molecule has 0 aliphatic rings. The Morgan fingerprint density at radius 3 is 2.87 bits per heavy atom. The van der Waals surface area contributed by atoms with Crippen molar-refractivity contribution in [1.82, 2.24) is 4.98 Å². The fraction of sp³-hybridized carbons (Fsp3) is 0.455. The van der Waals surface area contributed by atoms with Gasteiger partial charge < -0.3 is 11.1 Å². The van der Waals surface area contributed by atoms with Crippen LogP contribution in [-0.4, -0.2) is 11.5 Å². The van der Waals surface area contributed by atoms with Crippen molar-refractivity contribution in [1.29, 1.82) is 5.26 Å². The van der Waals surface area contributed by atoms with Crippen molar-refractivity contribution in [3.63, 3.8) is 0 Å². The zero-order valence-electron chi connectivity index (χ0n) is 9.12. The van der Waals surface area contributed by atoms with Gasteiger partial charge in [-0.25, -0.2) is 4.98 Å². The summed E-state index contributed by atoms with van der Waals surface area (Å²) in [6.07, 6.45) is 1.08. The molecular weight excluding hydrogens is 188 g/mol. The molecule has 0 spiro atoms. The molecular formula is C11H16N4. The van der Waals surface area contributed by atoms with E-state index in [9.17, 15) is 0 Å². The number of nitrogens with one attached hydrogen (secondary N) is 1. The van der Waals surface area contributed by atoms with Crippen LogP contribution in [0.4, 0.5) is 11.5 Å². The lowest BCUT2D eigenvalue weighted by Crippen LogP contribution is -2.07. The molecule has 4 heteroatoms. The molecule has 0 aliphatic heterocycles. The monoisotopic (exact) mass is 204 g/mol. The Balaban J connectivity index is 2.60. The molecule has 0 saturated carbocycles. The molecule has 1 rings (SSSR count). The zero-order chi connectivity index (χ0) is 11.3. The SMILES string of the molecule is CC(C)CCNc1ccc(N)c(C#N)n1. The third kappa shape index (κ3) is 3.47. The van der Waals surface area contributed by atoms with Gasteiger partial charge in [-0.3, -0.25) is 0 Å². The Kier molecular flexibility index (Phi) is 3.92. The van der Waals surface area contributed by atoms with Gasteiger partial charge >= 0.3 is 0 Å². The van der Waals surface area contributed by atoms with Gasteiger partial charge in [-0.1, -0.05) is 13.8 Å². The van der Waals surface area contributed by atoms with Gasteiger partial charge in [-0.15, -0.1) is 0 Å². The van der Waals surface area contributed by atoms with Gasteiger partial charge in [0.25, 0.3) is 0 Å². The second kappa shape index (κ2) is 5.20. The van der Waals surface area contributed by atoms with Gasteiger partial charge in [0.15, 0.2) is 5.69 Å². The smallest absolute Gasteiger partial charge is 0.165 e. The van der Waals surface area contributed by atoms with Crippen LogP contribution in [0, 0.1) is 17.2 Å². The molecule has 0 unspecified atom stereocenters. The Morgan fingerprint density at radius 1 is 1.53 bits per heavy atom. The van der Waals surface area contributed by atoms with Crippen molar-refractivity contribution >= 4 is 11.5 Å². The first-order valence-corrected chi connectivity index (χ1v) is 5.04. The number of nitrogens with two attached hydrogens (primary N) is 1. The molecule has 0 amide bonds. The van der Waals surface area contributed by atoms with Gasteiger partial charge in [0, 0.05) is 6.54 Å². The lowest BCUT2D eigenvalue weighted by Gasteiger charge is -2.08. The first kappa shape index (κ1) is 11.3. The Hall–Kier alpha value is -1.76. The van der Waals surface area contributed by atoms with Crippen LogP contribution in [0.1, 0.15) is 26.0 Å². The van der Waals surface area contributed by atoms with Gasteiger partial charge in [-0.05, 0) is 24.5 Å². The van der Waals surface area contributed by atoms with Crippen molar-refractivity contribution in [2.75, 3.05) is 17.6 Å². The Labute approximate surface area is 90.1 Å². The minimum Gasteiger partial charge on any atom is -0.396 e. The van der Waals surface area contributed by atoms with E-state index in [-0.39, 0.29) is 5.69 Å². The summed E-state index contributed by atoms with van der Waals surface area (Å²) in [5.74, 6) is 1.36. The third-order valence-corrected chi connectivity index (χ3v) is 2.06. The number of aromatic nitrogens is 1. The van der Waals surface area contributed by atoms with Crippen molar-refractivity contribution < 1.29 is 0 Å². The number of anilines is 2. The summed E-state index contributed by atoms with van der Waals surface area (Å²) in [5.41, 5.74) is 6.27. The molecule has 1 heterocycles. The van der Waals surface area contributed by atoms with Gasteiger partial charge in [0.1, 0.15) is 11.9 Å². The maximum Gasteiger partial charge on any atom is 0.165 e. The lowest BCUT2D eigenvalue weighted by atomic mass is 10.1. The van der Waals surface area contributed by atoms with E-state index in [0.717, 1.165) is 13.0 Å². The van der Waals surface area contributed by atoms with Gasteiger partial charge in [-0.2, -0.15) is 5.26 Å². The van der Waals surface area contributed by atoms with Crippen LogP contribution >= 0.6 is 0 Å². The van der Waals surface area contributed by atoms with Crippen LogP contribution in [0.15, 0.2) is 12.1 Å². The molecule has 0 atom stereocenters. The molecule has 1 aromatic heterocycles. The Morgan fingerprint density at radius 2 is 2.27 bits per heavy atom. The topological polar surface area (TPSA) is 74.7 Å². The van der Waals surface area contributed by atoms with Crippen LogP contribution in [0.5, 0.6) is 0 Å². The number of pyridine rings is 1. The number of hydrogen-bond acceptors (Lipinski definition) is 4. The summed E-state index contributed by atoms with van der Waals surface area (Å²) in [7, 11) is 0. The molecule has 0 fully saturated rings. The summed E-state index contributed by atoms with van der Waals surface area (Å²) >= 11 is 0. The van der Waals surface area contributed by atoms with E-state index >= 15 is 0 Å². The van der Waals surface area contributed by atoms with Crippen LogP contribution in [-0.2, 0) is 0 Å². The molecule has 3 N–H and O–H groups in total. The van der Waals surface area contributed by atoms with Gasteiger partial charge in [0.05, 0.1) is 5.69 Å². The Bertz CT molecular complexity index is 365. The molecule has 0 aliphatic carbocycles. The predicted octanol–water partition coefficient (Wildman–Crippen LogP) is 1.99. The van der Waals surface area contributed by atoms with Crippen LogP contribution < -0.4 is 11.1 Å². The summed E-state index contributed by atoms with van der Waals surface area (Å²) in [6.45, 7) is 5.19. The highest BCUT2D eigenvalue weighted by atomic mass is 15.0. The molecule has 0 saturated heterocycles. The minimum atomic E-state index is 0.282. The van der Waals surface area contributed by atoms with E-state index in [2.05, 4.69) is 24.1 Å². The highest BCUT2D eigenvalue weighted by Gasteiger charge is 2.01. The molecule has 0 radical (unpaired) electrons. The predicted molar refractivity (Wildman–Crippen MR) is 61.3 cm³/mol. The van der Waals surface area contributed by atoms with E-state index in [1.54, 1.807) is 12.1 Å². The van der Waals surface area contributed by atoms with Crippen molar-refractivity contribution in [3.05, 3.63) is 17.8 Å². The standard InChI is InChI=1S/C11H16N4/c1-8(2)5-6-14-11-4-3-9(13)10(7-12)15-11/h3-4,8H,5-6,13H2,1-2H3,(H,14,15). The van der Waals surface area contributed by atoms with Gasteiger partial charge in [0.2, 0.25) is 0 Å². The van der Waals surface area contributed by atoms with Crippen molar-refractivity contribution in [2.24, 2.45) is 5.92 Å². The summed E-state index contributed by atoms with van der Waals surface area (Å²) in [5, 5.41) is 11.9. The van der Waals surface area contributed by atoms with E-state index in [1.165, 1.54) is 0 Å². The van der Waals surface area contributed by atoms with E-state index in [1.807, 2.05) is 6.07 Å². The molecule has 80 valence electrons. The summed E-state index contributed by atoms with van der Waals surface area (Å²) in [6, 6.07) is 5.44. The number of nitriles is 1. The number of rotatable bonds is 4. The fourth-order valence-electron chi connectivity index (χ4n) is 1.15. The normalized spacial score (nSPS) is 10.0. The average molecular weight is 204 g/mol. The number of nitrogens with zero attached hydrogens (tertiary/aromatic N) is 2. The second-order valence-electron chi connectivity index (χ2n) is 3.86. The quantitative estimate of drug-likeness (QED) is 0.786. The molecule has 4 nitrogen and oxygen atoms in total. The molecule has 0 aromatic carbocycles. The molecule has 0 bridgehead atoms. The zero-order valence-corrected chi connectivity index (χ0v) is 9.12. The average Bonchev–Trinajstić information content (AvgIpc) is 2.20. The maximum absolute atomic E-state index is 8.74. The molecule has 1 aromatic rings. The third-order valence-electron chi connectivity index (χ3n) is 2.06. The number of hydrogen-bond donors (Lipinski definition) is 2. The van der Waals surface area contributed by atoms with Crippen LogP contribution in [0.25, 0.3) is 0 Å². The highest BCUT2D eigenvalue weighted by molar-refractivity contribution is 5.54. The maximum atomic E-state index is 8.74. The number of nitrogen functional groups attached to an aromatic ring is 1. The van der Waals surface area contributed by atoms with E-state index in [0.29, 0.717) is 17.4 Å². The summed E-state index contributed by atoms with van der Waals surface area (Å²) in [4.78, 5) is 4.09. The second-order valence-corrected chi connectivity index (χ2v) is 3.86. The minimum absolute atomic E-state index is 0.282. The highest BCUT2D eigenvalue weighted by Crippen LogP contribution is 2.12. The molecule has 15 heavy (non-hydrogen) atoms. The van der Waals surface area contributed by atoms with E-state index < -0.39 is 0 Å². The lowest BCUT2D eigenvalue weighted by molar-refractivity contribution is 0.606. The van der Waals surface area contributed by atoms with Crippen LogP contribution in [0.3, 0.4) is 0 Å². The first-order valence-electron chi connectivity index (χ1n) is 5.04. The van der Waals surface area contributed by atoms with Crippen molar-refractivity contribution in [2.45, 2.75) is 20.3 Å². The largest absolute Gasteiger partial charge is 0.396 e. The summed E-state index contributed by atoms with van der Waals surface area (Å²) < 4.78 is 0.